The molecule has 0 spiro atoms. The fraction of sp³-hybridized carbons (Fsp3) is 0.250. The number of nitrogens with zero attached hydrogens (tertiary/aromatic N) is 2. The van der Waals surface area contributed by atoms with Gasteiger partial charge in [-0.05, 0) is 52.4 Å². The molecule has 3 aromatic rings. The summed E-state index contributed by atoms with van der Waals surface area (Å²) in [6.45, 7) is 2.25. The molecule has 26 heavy (non-hydrogen) atoms. The van der Waals surface area contributed by atoms with E-state index in [0.717, 1.165) is 29.8 Å². The number of pyridine rings is 1. The van der Waals surface area contributed by atoms with Crippen LogP contribution in [0.1, 0.15) is 16.4 Å². The normalized spacial score (nSPS) is 23.7. The van der Waals surface area contributed by atoms with E-state index in [2.05, 4.69) is 27.4 Å². The Balaban J connectivity index is 1.51. The van der Waals surface area contributed by atoms with Gasteiger partial charge in [-0.3, -0.25) is 9.88 Å². The van der Waals surface area contributed by atoms with Gasteiger partial charge in [0.25, 0.3) is 0 Å². The van der Waals surface area contributed by atoms with Crippen molar-refractivity contribution >= 4 is 21.2 Å². The van der Waals surface area contributed by atoms with Crippen molar-refractivity contribution in [1.29, 1.82) is 0 Å². The number of fused-ring (bicyclic) bond motifs is 3. The number of thiophene rings is 1. The van der Waals surface area contributed by atoms with Gasteiger partial charge in [-0.2, -0.15) is 0 Å². The molecule has 0 N–H and O–H groups in total. The number of hydrogen-bond acceptors (Lipinski definition) is 5. The number of sulfone groups is 1. The summed E-state index contributed by atoms with van der Waals surface area (Å²) in [5.41, 5.74) is 3.11. The molecule has 1 fully saturated rings. The molecule has 0 unspecified atom stereocenters. The van der Waals surface area contributed by atoms with Gasteiger partial charge < -0.3 is 0 Å². The molecular formula is C20H18N2O2S2. The highest BCUT2D eigenvalue weighted by Crippen LogP contribution is 2.46. The van der Waals surface area contributed by atoms with Crippen LogP contribution in [0.15, 0.2) is 65.1 Å². The van der Waals surface area contributed by atoms with Gasteiger partial charge in [0, 0.05) is 42.8 Å². The average Bonchev–Trinajstić information content (AvgIpc) is 3.36. The molecule has 4 nitrogen and oxygen atoms in total. The SMILES string of the molecule is O=S1(=O)c2ccc(-c3ccncc3)cc2[C@@H]2CN(Cc3cccs3)C[C@@H]21. The van der Waals surface area contributed by atoms with Gasteiger partial charge >= 0.3 is 0 Å². The molecule has 4 heterocycles. The van der Waals surface area contributed by atoms with Crippen molar-refractivity contribution in [3.63, 3.8) is 0 Å². The summed E-state index contributed by atoms with van der Waals surface area (Å²) in [7, 11) is -3.24. The Kier molecular flexibility index (Phi) is 3.74. The van der Waals surface area contributed by atoms with Crippen molar-refractivity contribution in [2.24, 2.45) is 0 Å². The van der Waals surface area contributed by atoms with Crippen LogP contribution in [0.4, 0.5) is 0 Å². The van der Waals surface area contributed by atoms with Crippen LogP contribution in [0.25, 0.3) is 11.1 Å². The Morgan fingerprint density at radius 3 is 2.69 bits per heavy atom. The molecule has 5 rings (SSSR count). The van der Waals surface area contributed by atoms with Crippen molar-refractivity contribution < 1.29 is 8.42 Å². The lowest BCUT2D eigenvalue weighted by molar-refractivity contribution is 0.328. The van der Waals surface area contributed by atoms with Crippen molar-refractivity contribution in [3.8, 4) is 11.1 Å². The number of rotatable bonds is 3. The third-order valence-corrected chi connectivity index (χ3v) is 8.55. The summed E-state index contributed by atoms with van der Waals surface area (Å²) >= 11 is 1.73. The Hall–Kier alpha value is -2.02. The maximum atomic E-state index is 13.0. The van der Waals surface area contributed by atoms with Crippen LogP contribution < -0.4 is 0 Å². The van der Waals surface area contributed by atoms with Gasteiger partial charge in [0.15, 0.2) is 9.84 Å². The highest BCUT2D eigenvalue weighted by Gasteiger charge is 2.50. The molecule has 0 amide bonds. The lowest BCUT2D eigenvalue weighted by Gasteiger charge is -2.16. The van der Waals surface area contributed by atoms with E-state index in [-0.39, 0.29) is 11.2 Å². The van der Waals surface area contributed by atoms with Crippen molar-refractivity contribution in [2.45, 2.75) is 22.6 Å². The lowest BCUT2D eigenvalue weighted by atomic mass is 9.95. The maximum absolute atomic E-state index is 13.0. The zero-order valence-corrected chi connectivity index (χ0v) is 15.7. The van der Waals surface area contributed by atoms with E-state index in [0.29, 0.717) is 11.4 Å². The average molecular weight is 383 g/mol. The summed E-state index contributed by atoms with van der Waals surface area (Å²) in [6, 6.07) is 13.9. The molecule has 2 atom stereocenters. The summed E-state index contributed by atoms with van der Waals surface area (Å²) < 4.78 is 26.1. The number of likely N-dealkylation sites (tertiary alicyclic amines) is 1. The molecule has 1 aromatic carbocycles. The Morgan fingerprint density at radius 1 is 1.08 bits per heavy atom. The Morgan fingerprint density at radius 2 is 1.92 bits per heavy atom. The molecule has 2 aromatic heterocycles. The first-order chi connectivity index (χ1) is 12.6. The zero-order chi connectivity index (χ0) is 17.7. The molecule has 0 aliphatic carbocycles. The smallest absolute Gasteiger partial charge is 0.183 e. The molecule has 6 heteroatoms. The van der Waals surface area contributed by atoms with Gasteiger partial charge in [0.2, 0.25) is 0 Å². The van der Waals surface area contributed by atoms with Crippen LogP contribution in [0.5, 0.6) is 0 Å². The molecule has 0 saturated carbocycles. The van der Waals surface area contributed by atoms with E-state index in [9.17, 15) is 8.42 Å². The minimum Gasteiger partial charge on any atom is -0.296 e. The molecule has 1 saturated heterocycles. The van der Waals surface area contributed by atoms with Crippen LogP contribution >= 0.6 is 11.3 Å². The van der Waals surface area contributed by atoms with Crippen LogP contribution in [0, 0.1) is 0 Å². The van der Waals surface area contributed by atoms with E-state index in [1.165, 1.54) is 4.88 Å². The third kappa shape index (κ3) is 2.52. The van der Waals surface area contributed by atoms with Crippen molar-refractivity contribution in [2.75, 3.05) is 13.1 Å². The van der Waals surface area contributed by atoms with E-state index in [1.807, 2.05) is 24.3 Å². The summed E-state index contributed by atoms with van der Waals surface area (Å²) in [6.07, 6.45) is 3.53. The predicted molar refractivity (Wildman–Crippen MR) is 103 cm³/mol. The van der Waals surface area contributed by atoms with Gasteiger partial charge in [0.1, 0.15) is 0 Å². The Bertz CT molecular complexity index is 1050. The van der Waals surface area contributed by atoms with Crippen LogP contribution in [0.2, 0.25) is 0 Å². The number of aromatic nitrogens is 1. The largest absolute Gasteiger partial charge is 0.296 e. The molecule has 0 radical (unpaired) electrons. The van der Waals surface area contributed by atoms with E-state index in [4.69, 9.17) is 0 Å². The van der Waals surface area contributed by atoms with E-state index < -0.39 is 9.84 Å². The molecule has 2 aliphatic rings. The van der Waals surface area contributed by atoms with Crippen molar-refractivity contribution in [3.05, 3.63) is 70.7 Å². The zero-order valence-electron chi connectivity index (χ0n) is 14.1. The highest BCUT2D eigenvalue weighted by atomic mass is 32.2. The molecule has 0 bridgehead atoms. The van der Waals surface area contributed by atoms with Gasteiger partial charge in [-0.15, -0.1) is 11.3 Å². The standard InChI is InChI=1S/C20H18N2O2S2/c23-26(24)19-4-3-15(14-5-7-21-8-6-14)10-17(19)18-12-22(13-20(18)26)11-16-2-1-9-25-16/h1-10,18,20H,11-13H2/t18-,20-/m0/s1. The Labute approximate surface area is 157 Å². The highest BCUT2D eigenvalue weighted by molar-refractivity contribution is 7.92. The summed E-state index contributed by atoms with van der Waals surface area (Å²) in [5, 5.41) is 1.75. The second kappa shape index (κ2) is 6.01. The molecule has 132 valence electrons. The predicted octanol–water partition coefficient (Wildman–Crippen LogP) is 3.57. The first-order valence-electron chi connectivity index (χ1n) is 8.66. The molecule has 2 aliphatic heterocycles. The van der Waals surface area contributed by atoms with Crippen molar-refractivity contribution in [1.82, 2.24) is 9.88 Å². The van der Waals surface area contributed by atoms with Gasteiger partial charge in [0.05, 0.1) is 10.1 Å². The van der Waals surface area contributed by atoms with E-state index >= 15 is 0 Å². The second-order valence-corrected chi connectivity index (χ2v) is 10.1. The topological polar surface area (TPSA) is 50.3 Å². The van der Waals surface area contributed by atoms with Gasteiger partial charge in [-0.25, -0.2) is 8.42 Å². The fourth-order valence-corrected chi connectivity index (χ4v) is 7.14. The van der Waals surface area contributed by atoms with Crippen LogP contribution in [0.3, 0.4) is 0 Å². The second-order valence-electron chi connectivity index (χ2n) is 6.95. The van der Waals surface area contributed by atoms with Crippen LogP contribution in [-0.2, 0) is 16.4 Å². The first kappa shape index (κ1) is 16.2. The number of hydrogen-bond donors (Lipinski definition) is 0. The minimum atomic E-state index is -3.24. The summed E-state index contributed by atoms with van der Waals surface area (Å²) in [5.74, 6) is 0.0664. The van der Waals surface area contributed by atoms with Crippen LogP contribution in [-0.4, -0.2) is 36.6 Å². The number of benzene rings is 1. The van der Waals surface area contributed by atoms with E-state index in [1.54, 1.807) is 29.8 Å². The lowest BCUT2D eigenvalue weighted by Crippen LogP contribution is -2.25. The molecular weight excluding hydrogens is 364 g/mol. The third-order valence-electron chi connectivity index (χ3n) is 5.43. The maximum Gasteiger partial charge on any atom is 0.183 e. The summed E-state index contributed by atoms with van der Waals surface area (Å²) in [4.78, 5) is 8.16. The minimum absolute atomic E-state index is 0.0664. The van der Waals surface area contributed by atoms with Gasteiger partial charge in [-0.1, -0.05) is 12.1 Å². The fourth-order valence-electron chi connectivity index (χ4n) is 4.20. The quantitative estimate of drug-likeness (QED) is 0.695. The monoisotopic (exact) mass is 382 g/mol. The first-order valence-corrected chi connectivity index (χ1v) is 11.1.